The van der Waals surface area contributed by atoms with Gasteiger partial charge in [-0.15, -0.1) is 0 Å². The molecular weight excluding hydrogens is 379 g/mol. The van der Waals surface area contributed by atoms with E-state index in [2.05, 4.69) is 27.9 Å². The summed E-state index contributed by atoms with van der Waals surface area (Å²) in [5.74, 6) is -6.49. The monoisotopic (exact) mass is 392 g/mol. The molecule has 1 amide bonds. The van der Waals surface area contributed by atoms with Gasteiger partial charge in [0.1, 0.15) is 0 Å². The SMILES string of the molecule is CNCN(C(=O)C(C(=O)O)C(=O)O)c1ccc(I)cc1. The lowest BCUT2D eigenvalue weighted by atomic mass is 10.1. The van der Waals surface area contributed by atoms with Crippen molar-refractivity contribution in [2.24, 2.45) is 5.92 Å². The number of hydrogen-bond acceptors (Lipinski definition) is 4. The molecule has 0 bridgehead atoms. The van der Waals surface area contributed by atoms with Crippen LogP contribution in [0.1, 0.15) is 0 Å². The van der Waals surface area contributed by atoms with Gasteiger partial charge in [-0.25, -0.2) is 0 Å². The zero-order valence-electron chi connectivity index (χ0n) is 10.5. The number of aliphatic carboxylic acids is 2. The lowest BCUT2D eigenvalue weighted by molar-refractivity contribution is -0.157. The number of amides is 1. The first kappa shape index (κ1) is 16.4. The molecule has 0 spiro atoms. The average Bonchev–Trinajstić information content (AvgIpc) is 2.36. The van der Waals surface area contributed by atoms with Crippen molar-refractivity contribution in [1.82, 2.24) is 5.32 Å². The van der Waals surface area contributed by atoms with E-state index < -0.39 is 23.8 Å². The average molecular weight is 392 g/mol. The van der Waals surface area contributed by atoms with Crippen molar-refractivity contribution in [2.75, 3.05) is 18.6 Å². The van der Waals surface area contributed by atoms with E-state index in [1.807, 2.05) is 0 Å². The molecule has 3 N–H and O–H groups in total. The molecule has 8 heteroatoms. The van der Waals surface area contributed by atoms with Crippen molar-refractivity contribution in [3.05, 3.63) is 27.8 Å². The van der Waals surface area contributed by atoms with E-state index in [4.69, 9.17) is 10.2 Å². The van der Waals surface area contributed by atoms with Crippen LogP contribution >= 0.6 is 22.6 Å². The Morgan fingerprint density at radius 2 is 1.70 bits per heavy atom. The standard InChI is InChI=1S/C12H13IN2O5/c1-14-6-15(8-4-2-7(13)3-5-8)10(16)9(11(17)18)12(19)20/h2-5,9,14H,6H2,1H3,(H,17,18)(H,19,20). The van der Waals surface area contributed by atoms with E-state index in [0.29, 0.717) is 5.69 Å². The van der Waals surface area contributed by atoms with Gasteiger partial charge in [-0.3, -0.25) is 19.3 Å². The molecule has 20 heavy (non-hydrogen) atoms. The van der Waals surface area contributed by atoms with Crippen LogP contribution in [-0.2, 0) is 14.4 Å². The van der Waals surface area contributed by atoms with Crippen LogP contribution in [0.2, 0.25) is 0 Å². The third-order valence-electron chi connectivity index (χ3n) is 2.46. The minimum Gasteiger partial charge on any atom is -0.480 e. The van der Waals surface area contributed by atoms with Crippen LogP contribution in [0.15, 0.2) is 24.3 Å². The predicted molar refractivity (Wildman–Crippen MR) is 79.3 cm³/mol. The summed E-state index contributed by atoms with van der Waals surface area (Å²) in [6, 6.07) is 6.72. The molecular formula is C12H13IN2O5. The molecule has 0 saturated heterocycles. The van der Waals surface area contributed by atoms with Crippen LogP contribution in [0.5, 0.6) is 0 Å². The highest BCUT2D eigenvalue weighted by Gasteiger charge is 2.37. The number of halogens is 1. The Bertz CT molecular complexity index is 503. The number of hydrogen-bond donors (Lipinski definition) is 3. The molecule has 0 aliphatic carbocycles. The van der Waals surface area contributed by atoms with Crippen LogP contribution < -0.4 is 10.2 Å². The molecule has 0 fully saturated rings. The molecule has 1 aromatic carbocycles. The number of rotatable bonds is 6. The highest BCUT2D eigenvalue weighted by atomic mass is 127. The van der Waals surface area contributed by atoms with Gasteiger partial charge in [0, 0.05) is 9.26 Å². The maximum absolute atomic E-state index is 12.1. The first-order valence-corrected chi connectivity index (χ1v) is 6.63. The molecule has 0 aromatic heterocycles. The third kappa shape index (κ3) is 3.90. The molecule has 0 heterocycles. The van der Waals surface area contributed by atoms with Gasteiger partial charge < -0.3 is 15.5 Å². The molecule has 0 unspecified atom stereocenters. The van der Waals surface area contributed by atoms with Gasteiger partial charge >= 0.3 is 11.9 Å². The number of anilines is 1. The molecule has 1 aromatic rings. The predicted octanol–water partition coefficient (Wildman–Crippen LogP) is 0.586. The second-order valence-electron chi connectivity index (χ2n) is 3.86. The van der Waals surface area contributed by atoms with E-state index in [1.165, 1.54) is 0 Å². The summed E-state index contributed by atoms with van der Waals surface area (Å²) in [6.45, 7) is 0.0104. The normalized spacial score (nSPS) is 10.3. The Balaban J connectivity index is 3.12. The summed E-state index contributed by atoms with van der Waals surface area (Å²) in [5.41, 5.74) is 0.428. The maximum atomic E-state index is 12.1. The maximum Gasteiger partial charge on any atom is 0.327 e. The van der Waals surface area contributed by atoms with Gasteiger partial charge in [-0.1, -0.05) is 0 Å². The zero-order valence-corrected chi connectivity index (χ0v) is 12.7. The second-order valence-corrected chi connectivity index (χ2v) is 5.11. The van der Waals surface area contributed by atoms with Crippen LogP contribution in [0.4, 0.5) is 5.69 Å². The minimum absolute atomic E-state index is 0.0104. The molecule has 1 rings (SSSR count). The van der Waals surface area contributed by atoms with E-state index in [9.17, 15) is 14.4 Å². The van der Waals surface area contributed by atoms with Crippen molar-refractivity contribution >= 4 is 46.1 Å². The lowest BCUT2D eigenvalue weighted by Gasteiger charge is -2.24. The Morgan fingerprint density at radius 3 is 2.10 bits per heavy atom. The van der Waals surface area contributed by atoms with Crippen LogP contribution in [0.3, 0.4) is 0 Å². The summed E-state index contributed by atoms with van der Waals surface area (Å²) < 4.78 is 0.941. The number of nitrogens with one attached hydrogen (secondary N) is 1. The van der Waals surface area contributed by atoms with Gasteiger partial charge in [0.25, 0.3) is 5.91 Å². The molecule has 108 valence electrons. The smallest absolute Gasteiger partial charge is 0.327 e. The summed E-state index contributed by atoms with van der Waals surface area (Å²) in [5, 5.41) is 20.5. The topological polar surface area (TPSA) is 107 Å². The number of carboxylic acid groups (broad SMARTS) is 2. The fraction of sp³-hybridized carbons (Fsp3) is 0.250. The highest BCUT2D eigenvalue weighted by molar-refractivity contribution is 14.1. The van der Waals surface area contributed by atoms with Crippen molar-refractivity contribution < 1.29 is 24.6 Å². The minimum atomic E-state index is -2.12. The van der Waals surface area contributed by atoms with Crippen molar-refractivity contribution in [1.29, 1.82) is 0 Å². The molecule has 0 aliphatic heterocycles. The van der Waals surface area contributed by atoms with E-state index >= 15 is 0 Å². The molecule has 7 nitrogen and oxygen atoms in total. The second kappa shape index (κ2) is 7.20. The first-order chi connectivity index (χ1) is 9.38. The third-order valence-corrected chi connectivity index (χ3v) is 3.18. The van der Waals surface area contributed by atoms with Gasteiger partial charge in [0.2, 0.25) is 5.92 Å². The van der Waals surface area contributed by atoms with Gasteiger partial charge in [-0.2, -0.15) is 0 Å². The number of carbonyl (C=O) groups is 3. The van der Waals surface area contributed by atoms with Gasteiger partial charge in [-0.05, 0) is 53.9 Å². The summed E-state index contributed by atoms with van der Waals surface area (Å²) in [7, 11) is 1.57. The Kier molecular flexibility index (Phi) is 5.89. The highest BCUT2D eigenvalue weighted by Crippen LogP contribution is 2.18. The van der Waals surface area contributed by atoms with Crippen LogP contribution in [0, 0.1) is 9.49 Å². The number of nitrogens with zero attached hydrogens (tertiary/aromatic N) is 1. The molecule has 0 saturated carbocycles. The van der Waals surface area contributed by atoms with Gasteiger partial charge in [0.15, 0.2) is 0 Å². The van der Waals surface area contributed by atoms with Crippen molar-refractivity contribution in [3.8, 4) is 0 Å². The summed E-state index contributed by atoms with van der Waals surface area (Å²) >= 11 is 2.09. The fourth-order valence-electron chi connectivity index (χ4n) is 1.55. The quantitative estimate of drug-likeness (QED) is 0.372. The Labute approximate surface area is 128 Å². The summed E-state index contributed by atoms with van der Waals surface area (Å²) in [6.07, 6.45) is 0. The Morgan fingerprint density at radius 1 is 1.20 bits per heavy atom. The van der Waals surface area contributed by atoms with E-state index in [0.717, 1.165) is 8.47 Å². The van der Waals surface area contributed by atoms with Crippen molar-refractivity contribution in [2.45, 2.75) is 0 Å². The largest absolute Gasteiger partial charge is 0.480 e. The van der Waals surface area contributed by atoms with Gasteiger partial charge in [0.05, 0.1) is 6.67 Å². The van der Waals surface area contributed by atoms with Crippen LogP contribution in [0.25, 0.3) is 0 Å². The lowest BCUT2D eigenvalue weighted by Crippen LogP contribution is -2.46. The number of carbonyl (C=O) groups excluding carboxylic acids is 1. The zero-order chi connectivity index (χ0) is 15.3. The fourth-order valence-corrected chi connectivity index (χ4v) is 1.91. The number of benzene rings is 1. The Hall–Kier alpha value is -1.68. The summed E-state index contributed by atoms with van der Waals surface area (Å²) in [4.78, 5) is 35.1. The van der Waals surface area contributed by atoms with Crippen LogP contribution in [-0.4, -0.2) is 41.8 Å². The first-order valence-electron chi connectivity index (χ1n) is 5.55. The molecule has 0 atom stereocenters. The molecule has 0 aliphatic rings. The van der Waals surface area contributed by atoms with E-state index in [-0.39, 0.29) is 6.67 Å². The van der Waals surface area contributed by atoms with Crippen molar-refractivity contribution in [3.63, 3.8) is 0 Å². The van der Waals surface area contributed by atoms with E-state index in [1.54, 1.807) is 31.3 Å². The molecule has 0 radical (unpaired) electrons. The number of carboxylic acids is 2.